The number of rotatable bonds is 6. The van der Waals surface area contributed by atoms with Gasteiger partial charge >= 0.3 is 0 Å². The van der Waals surface area contributed by atoms with Crippen LogP contribution in [-0.2, 0) is 4.79 Å². The van der Waals surface area contributed by atoms with Crippen molar-refractivity contribution in [3.8, 4) is 0 Å². The van der Waals surface area contributed by atoms with E-state index in [9.17, 15) is 9.59 Å². The number of benzene rings is 1. The topological polar surface area (TPSA) is 66.6 Å². The second kappa shape index (κ2) is 6.79. The quantitative estimate of drug-likeness (QED) is 0.854. The molecule has 2 amide bonds. The van der Waals surface area contributed by atoms with Crippen LogP contribution in [0.3, 0.4) is 0 Å². The summed E-state index contributed by atoms with van der Waals surface area (Å²) in [4.78, 5) is 28.3. The lowest BCUT2D eigenvalue weighted by atomic mass is 10.0. The van der Waals surface area contributed by atoms with Crippen LogP contribution in [0, 0.1) is 24.2 Å². The van der Waals surface area contributed by atoms with Crippen molar-refractivity contribution in [2.24, 2.45) is 23.5 Å². The van der Waals surface area contributed by atoms with Crippen LogP contribution in [-0.4, -0.2) is 54.3 Å². The number of primary amides is 1. The normalized spacial score (nSPS) is 26.0. The minimum Gasteiger partial charge on any atom is -0.366 e. The number of likely N-dealkylation sites (tertiary alicyclic amines) is 2. The van der Waals surface area contributed by atoms with Crippen molar-refractivity contribution in [2.75, 3.05) is 32.7 Å². The summed E-state index contributed by atoms with van der Waals surface area (Å²) < 4.78 is 0. The van der Waals surface area contributed by atoms with E-state index in [1.807, 2.05) is 18.2 Å². The molecule has 1 saturated carbocycles. The zero-order valence-corrected chi connectivity index (χ0v) is 14.6. The van der Waals surface area contributed by atoms with Crippen LogP contribution < -0.4 is 5.73 Å². The molecule has 0 aromatic heterocycles. The van der Waals surface area contributed by atoms with Gasteiger partial charge in [-0.15, -0.1) is 0 Å². The number of hydrogen-bond donors (Lipinski definition) is 1. The van der Waals surface area contributed by atoms with E-state index in [-0.39, 0.29) is 5.91 Å². The standard InChI is InChI=1S/C20H26N3O2/c21-19(24)18-6-2-1-4-14(18)5-3-9-22-10-16-12-23(13-17(16)11-22)20(25)15-7-8-15/h1-2,4-6,15-17H,3,7-13H2,(H2,21,24)/t16-,17?/m0/s1. The molecule has 0 spiro atoms. The number of fused-ring (bicyclic) bond motifs is 1. The first-order valence-corrected chi connectivity index (χ1v) is 9.35. The monoisotopic (exact) mass is 340 g/mol. The molecule has 5 nitrogen and oxygen atoms in total. The molecule has 2 aliphatic heterocycles. The van der Waals surface area contributed by atoms with Gasteiger partial charge in [0.25, 0.3) is 0 Å². The van der Waals surface area contributed by atoms with Crippen LogP contribution in [0.25, 0.3) is 0 Å². The lowest BCUT2D eigenvalue weighted by Gasteiger charge is -2.21. The zero-order valence-electron chi connectivity index (χ0n) is 14.6. The highest BCUT2D eigenvalue weighted by Gasteiger charge is 2.44. The Morgan fingerprint density at radius 2 is 1.76 bits per heavy atom. The molecule has 25 heavy (non-hydrogen) atoms. The summed E-state index contributed by atoms with van der Waals surface area (Å²) >= 11 is 0. The zero-order chi connectivity index (χ0) is 17.4. The average molecular weight is 340 g/mol. The van der Waals surface area contributed by atoms with Crippen LogP contribution in [0.15, 0.2) is 24.3 Å². The first-order valence-electron chi connectivity index (χ1n) is 9.35. The van der Waals surface area contributed by atoms with Gasteiger partial charge in [0.15, 0.2) is 0 Å². The van der Waals surface area contributed by atoms with Gasteiger partial charge in [0.05, 0.1) is 0 Å². The number of nitrogens with two attached hydrogens (primary N) is 1. The predicted molar refractivity (Wildman–Crippen MR) is 95.7 cm³/mol. The van der Waals surface area contributed by atoms with Gasteiger partial charge in [-0.1, -0.05) is 18.2 Å². The van der Waals surface area contributed by atoms with Crippen molar-refractivity contribution < 1.29 is 9.59 Å². The Morgan fingerprint density at radius 1 is 1.08 bits per heavy atom. The van der Waals surface area contributed by atoms with Crippen LogP contribution in [0.2, 0.25) is 0 Å². The fourth-order valence-electron chi connectivity index (χ4n) is 4.34. The Kier molecular flexibility index (Phi) is 4.50. The number of hydrogen-bond acceptors (Lipinski definition) is 3. The van der Waals surface area contributed by atoms with Gasteiger partial charge in [-0.2, -0.15) is 0 Å². The van der Waals surface area contributed by atoms with Crippen molar-refractivity contribution in [2.45, 2.75) is 19.3 Å². The summed E-state index contributed by atoms with van der Waals surface area (Å²) in [5, 5.41) is 0. The fourth-order valence-corrected chi connectivity index (χ4v) is 4.34. The Labute approximate surface area is 149 Å². The van der Waals surface area contributed by atoms with Gasteiger partial charge in [0, 0.05) is 37.7 Å². The van der Waals surface area contributed by atoms with E-state index in [1.165, 1.54) is 0 Å². The number of amides is 2. The summed E-state index contributed by atoms with van der Waals surface area (Å²) in [6.45, 7) is 5.07. The molecule has 2 saturated heterocycles. The van der Waals surface area contributed by atoms with E-state index >= 15 is 0 Å². The second-order valence-electron chi connectivity index (χ2n) is 7.74. The minimum atomic E-state index is -0.372. The Morgan fingerprint density at radius 3 is 2.40 bits per heavy atom. The maximum Gasteiger partial charge on any atom is 0.248 e. The molecular formula is C20H26N3O2. The lowest BCUT2D eigenvalue weighted by molar-refractivity contribution is -0.131. The molecule has 3 aliphatic rings. The maximum absolute atomic E-state index is 12.2. The van der Waals surface area contributed by atoms with Gasteiger partial charge < -0.3 is 15.5 Å². The highest BCUT2D eigenvalue weighted by molar-refractivity contribution is 5.94. The van der Waals surface area contributed by atoms with Crippen molar-refractivity contribution in [1.29, 1.82) is 0 Å². The largest absolute Gasteiger partial charge is 0.366 e. The van der Waals surface area contributed by atoms with Gasteiger partial charge in [0.1, 0.15) is 0 Å². The molecule has 1 radical (unpaired) electrons. The number of nitrogens with zero attached hydrogens (tertiary/aromatic N) is 2. The predicted octanol–water partition coefficient (Wildman–Crippen LogP) is 1.53. The third-order valence-electron chi connectivity index (χ3n) is 5.84. The van der Waals surface area contributed by atoms with E-state index in [1.54, 1.807) is 6.07 Å². The number of carbonyl (C=O) groups excluding carboxylic acids is 2. The molecule has 2 heterocycles. The molecule has 2 atom stereocenters. The first-order chi connectivity index (χ1) is 12.1. The average Bonchev–Trinajstić information content (AvgIpc) is 3.26. The molecule has 5 heteroatoms. The van der Waals surface area contributed by atoms with E-state index in [4.69, 9.17) is 5.73 Å². The van der Waals surface area contributed by atoms with Crippen LogP contribution in [0.4, 0.5) is 0 Å². The third kappa shape index (κ3) is 3.56. The SMILES string of the molecule is NC(=O)c1ccccc1[CH]CCN1CC2CN(C(=O)C3CC3)C[C@@H]2C1. The minimum absolute atomic E-state index is 0.342. The van der Waals surface area contributed by atoms with Crippen molar-refractivity contribution in [3.63, 3.8) is 0 Å². The Balaban J connectivity index is 1.24. The lowest BCUT2D eigenvalue weighted by Crippen LogP contribution is -2.34. The first kappa shape index (κ1) is 16.6. The van der Waals surface area contributed by atoms with Crippen LogP contribution in [0.5, 0.6) is 0 Å². The Bertz CT molecular complexity index is 657. The molecule has 1 aromatic carbocycles. The molecular weight excluding hydrogens is 314 g/mol. The van der Waals surface area contributed by atoms with Crippen LogP contribution in [0.1, 0.15) is 35.2 Å². The van der Waals surface area contributed by atoms with Gasteiger partial charge in [0.2, 0.25) is 11.8 Å². The van der Waals surface area contributed by atoms with Gasteiger partial charge in [-0.3, -0.25) is 9.59 Å². The highest BCUT2D eigenvalue weighted by atomic mass is 16.2. The highest BCUT2D eigenvalue weighted by Crippen LogP contribution is 2.36. The molecule has 4 rings (SSSR count). The molecule has 133 valence electrons. The molecule has 2 N–H and O–H groups in total. The molecule has 1 aliphatic carbocycles. The summed E-state index contributed by atoms with van der Waals surface area (Å²) in [5.41, 5.74) is 6.95. The summed E-state index contributed by atoms with van der Waals surface area (Å²) in [7, 11) is 0. The van der Waals surface area contributed by atoms with E-state index in [0.29, 0.717) is 29.2 Å². The van der Waals surface area contributed by atoms with E-state index in [2.05, 4.69) is 16.2 Å². The third-order valence-corrected chi connectivity index (χ3v) is 5.84. The molecule has 0 bridgehead atoms. The smallest absolute Gasteiger partial charge is 0.248 e. The molecule has 3 fully saturated rings. The van der Waals surface area contributed by atoms with E-state index in [0.717, 1.165) is 57.5 Å². The van der Waals surface area contributed by atoms with Gasteiger partial charge in [-0.05, 0) is 55.7 Å². The molecule has 1 unspecified atom stereocenters. The maximum atomic E-state index is 12.2. The second-order valence-corrected chi connectivity index (χ2v) is 7.74. The van der Waals surface area contributed by atoms with Crippen molar-refractivity contribution >= 4 is 11.8 Å². The summed E-state index contributed by atoms with van der Waals surface area (Å²) in [6.07, 6.45) is 5.21. The van der Waals surface area contributed by atoms with Crippen molar-refractivity contribution in [3.05, 3.63) is 41.8 Å². The fraction of sp³-hybridized carbons (Fsp3) is 0.550. The summed E-state index contributed by atoms with van der Waals surface area (Å²) in [5.74, 6) is 1.65. The van der Waals surface area contributed by atoms with Gasteiger partial charge in [-0.25, -0.2) is 0 Å². The Hall–Kier alpha value is -1.88. The van der Waals surface area contributed by atoms with E-state index < -0.39 is 0 Å². The van der Waals surface area contributed by atoms with Crippen molar-refractivity contribution in [1.82, 2.24) is 9.80 Å². The molecule has 1 aromatic rings. The number of carbonyl (C=O) groups is 2. The summed E-state index contributed by atoms with van der Waals surface area (Å²) in [6, 6.07) is 7.50. The van der Waals surface area contributed by atoms with Crippen LogP contribution >= 0.6 is 0 Å².